The van der Waals surface area contributed by atoms with Gasteiger partial charge in [-0.25, -0.2) is 13.2 Å². The fraction of sp³-hybridized carbons (Fsp3) is 0.200. The molecule has 1 heterocycles. The molecule has 1 unspecified atom stereocenters. The van der Waals surface area contributed by atoms with Crippen LogP contribution in [0.4, 0.5) is 13.2 Å². The van der Waals surface area contributed by atoms with Gasteiger partial charge in [-0.05, 0) is 42.7 Å². The van der Waals surface area contributed by atoms with Crippen LogP contribution in [0.1, 0.15) is 23.7 Å². The molecule has 5 heteroatoms. The standard InChI is InChI=1S/C15H10BrF3O/c16-9-2-4-14-8(5-9)1-3-15(20-14)10-6-12(18)13(19)7-11(10)17/h2,4-7,15H,1,3H2. The highest BCUT2D eigenvalue weighted by atomic mass is 79.9. The van der Waals surface area contributed by atoms with E-state index in [0.717, 1.165) is 16.1 Å². The predicted octanol–water partition coefficient (Wildman–Crippen LogP) is 4.93. The monoisotopic (exact) mass is 342 g/mol. The van der Waals surface area contributed by atoms with Gasteiger partial charge in [0.25, 0.3) is 0 Å². The lowest BCUT2D eigenvalue weighted by Crippen LogP contribution is -2.17. The summed E-state index contributed by atoms with van der Waals surface area (Å²) in [5.74, 6) is -2.39. The number of fused-ring (bicyclic) bond motifs is 1. The molecule has 0 N–H and O–H groups in total. The Hall–Kier alpha value is -1.49. The van der Waals surface area contributed by atoms with Crippen molar-refractivity contribution in [3.8, 4) is 5.75 Å². The molecule has 0 saturated carbocycles. The van der Waals surface area contributed by atoms with Crippen LogP contribution < -0.4 is 4.74 Å². The molecule has 104 valence electrons. The molecule has 2 aromatic rings. The molecule has 2 aromatic carbocycles. The van der Waals surface area contributed by atoms with E-state index >= 15 is 0 Å². The third kappa shape index (κ3) is 2.42. The summed E-state index contributed by atoms with van der Waals surface area (Å²) in [4.78, 5) is 0. The first-order valence-electron chi connectivity index (χ1n) is 6.14. The van der Waals surface area contributed by atoms with Gasteiger partial charge >= 0.3 is 0 Å². The lowest BCUT2D eigenvalue weighted by Gasteiger charge is -2.27. The van der Waals surface area contributed by atoms with Gasteiger partial charge in [0.2, 0.25) is 0 Å². The van der Waals surface area contributed by atoms with E-state index in [1.165, 1.54) is 0 Å². The van der Waals surface area contributed by atoms with Gasteiger partial charge in [0.15, 0.2) is 11.6 Å². The van der Waals surface area contributed by atoms with Crippen molar-refractivity contribution in [3.05, 3.63) is 63.4 Å². The fourth-order valence-corrected chi connectivity index (χ4v) is 2.77. The summed E-state index contributed by atoms with van der Waals surface area (Å²) in [7, 11) is 0. The van der Waals surface area contributed by atoms with Crippen molar-refractivity contribution in [2.75, 3.05) is 0 Å². The normalized spacial score (nSPS) is 17.5. The van der Waals surface area contributed by atoms with E-state index in [4.69, 9.17) is 4.74 Å². The summed E-state index contributed by atoms with van der Waals surface area (Å²) in [6.07, 6.45) is 0.613. The Labute approximate surface area is 122 Å². The van der Waals surface area contributed by atoms with Gasteiger partial charge < -0.3 is 4.74 Å². The van der Waals surface area contributed by atoms with Crippen LogP contribution in [0.5, 0.6) is 5.75 Å². The maximum absolute atomic E-state index is 13.8. The van der Waals surface area contributed by atoms with Gasteiger partial charge in [-0.15, -0.1) is 0 Å². The zero-order valence-corrected chi connectivity index (χ0v) is 11.9. The van der Waals surface area contributed by atoms with Crippen LogP contribution in [-0.4, -0.2) is 0 Å². The van der Waals surface area contributed by atoms with Gasteiger partial charge in [0.05, 0.1) is 0 Å². The number of benzene rings is 2. The van der Waals surface area contributed by atoms with Gasteiger partial charge in [0.1, 0.15) is 17.7 Å². The Balaban J connectivity index is 1.94. The summed E-state index contributed by atoms with van der Waals surface area (Å²) in [6, 6.07) is 6.98. The van der Waals surface area contributed by atoms with Crippen molar-refractivity contribution in [1.82, 2.24) is 0 Å². The lowest BCUT2D eigenvalue weighted by molar-refractivity contribution is 0.171. The SMILES string of the molecule is Fc1cc(F)c(C2CCc3cc(Br)ccc3O2)cc1F. The number of hydrogen-bond acceptors (Lipinski definition) is 1. The maximum Gasteiger partial charge on any atom is 0.161 e. The number of ether oxygens (including phenoxy) is 1. The lowest BCUT2D eigenvalue weighted by atomic mass is 9.97. The second kappa shape index (κ2) is 5.13. The van der Waals surface area contributed by atoms with Gasteiger partial charge in [-0.2, -0.15) is 0 Å². The molecule has 3 rings (SSSR count). The van der Waals surface area contributed by atoms with Crippen LogP contribution >= 0.6 is 15.9 Å². The molecular formula is C15H10BrF3O. The maximum atomic E-state index is 13.8. The van der Waals surface area contributed by atoms with Crippen molar-refractivity contribution in [3.63, 3.8) is 0 Å². The molecule has 1 aliphatic heterocycles. The zero-order chi connectivity index (χ0) is 14.3. The topological polar surface area (TPSA) is 9.23 Å². The minimum Gasteiger partial charge on any atom is -0.485 e. The summed E-state index contributed by atoms with van der Waals surface area (Å²) >= 11 is 3.37. The minimum absolute atomic E-state index is 0.0532. The summed E-state index contributed by atoms with van der Waals surface area (Å²) in [5, 5.41) is 0. The minimum atomic E-state index is -1.19. The molecule has 0 fully saturated rings. The van der Waals surface area contributed by atoms with E-state index in [1.807, 2.05) is 12.1 Å². The zero-order valence-electron chi connectivity index (χ0n) is 10.3. The van der Waals surface area contributed by atoms with Crippen molar-refractivity contribution in [2.45, 2.75) is 18.9 Å². The molecule has 1 aliphatic rings. The molecule has 0 aliphatic carbocycles. The summed E-state index contributed by atoms with van der Waals surface area (Å²) < 4.78 is 46.6. The first kappa shape index (κ1) is 13.5. The Morgan fingerprint density at radius 2 is 1.75 bits per heavy atom. The first-order chi connectivity index (χ1) is 9.54. The van der Waals surface area contributed by atoms with Crippen LogP contribution in [0.2, 0.25) is 0 Å². The van der Waals surface area contributed by atoms with E-state index in [0.29, 0.717) is 24.7 Å². The van der Waals surface area contributed by atoms with Crippen molar-refractivity contribution in [1.29, 1.82) is 0 Å². The average molecular weight is 343 g/mol. The molecular weight excluding hydrogens is 333 g/mol. The van der Waals surface area contributed by atoms with Gasteiger partial charge in [0, 0.05) is 16.1 Å². The molecule has 0 aromatic heterocycles. The van der Waals surface area contributed by atoms with Gasteiger partial charge in [-0.3, -0.25) is 0 Å². The van der Waals surface area contributed by atoms with E-state index in [1.54, 1.807) is 6.07 Å². The van der Waals surface area contributed by atoms with Crippen LogP contribution in [0, 0.1) is 17.5 Å². The van der Waals surface area contributed by atoms with Crippen molar-refractivity contribution in [2.24, 2.45) is 0 Å². The number of aryl methyl sites for hydroxylation is 1. The molecule has 0 radical (unpaired) electrons. The van der Waals surface area contributed by atoms with Crippen molar-refractivity contribution >= 4 is 15.9 Å². The first-order valence-corrected chi connectivity index (χ1v) is 6.93. The Morgan fingerprint density at radius 1 is 1.00 bits per heavy atom. The van der Waals surface area contributed by atoms with Crippen LogP contribution in [0.3, 0.4) is 0 Å². The van der Waals surface area contributed by atoms with Crippen LogP contribution in [0.25, 0.3) is 0 Å². The largest absolute Gasteiger partial charge is 0.485 e. The molecule has 0 saturated heterocycles. The summed E-state index contributed by atoms with van der Waals surface area (Å²) in [5.41, 5.74) is 1.07. The number of rotatable bonds is 1. The number of halogens is 4. The fourth-order valence-electron chi connectivity index (χ4n) is 2.36. The Kier molecular flexibility index (Phi) is 3.46. The van der Waals surface area contributed by atoms with E-state index in [-0.39, 0.29) is 5.56 Å². The van der Waals surface area contributed by atoms with Crippen LogP contribution in [0.15, 0.2) is 34.8 Å². The van der Waals surface area contributed by atoms with E-state index < -0.39 is 23.6 Å². The Morgan fingerprint density at radius 3 is 2.55 bits per heavy atom. The highest BCUT2D eigenvalue weighted by Crippen LogP contribution is 2.37. The molecule has 0 spiro atoms. The average Bonchev–Trinajstić information content (AvgIpc) is 2.42. The van der Waals surface area contributed by atoms with Crippen LogP contribution in [-0.2, 0) is 6.42 Å². The number of hydrogen-bond donors (Lipinski definition) is 0. The smallest absolute Gasteiger partial charge is 0.161 e. The molecule has 0 bridgehead atoms. The summed E-state index contributed by atoms with van der Waals surface area (Å²) in [6.45, 7) is 0. The highest BCUT2D eigenvalue weighted by molar-refractivity contribution is 9.10. The second-order valence-electron chi connectivity index (χ2n) is 4.69. The quantitative estimate of drug-likeness (QED) is 0.667. The molecule has 0 amide bonds. The third-order valence-electron chi connectivity index (χ3n) is 3.35. The molecule has 1 nitrogen and oxygen atoms in total. The van der Waals surface area contributed by atoms with E-state index in [2.05, 4.69) is 15.9 Å². The van der Waals surface area contributed by atoms with Gasteiger partial charge in [-0.1, -0.05) is 15.9 Å². The highest BCUT2D eigenvalue weighted by Gasteiger charge is 2.25. The molecule has 1 atom stereocenters. The van der Waals surface area contributed by atoms with Crippen molar-refractivity contribution < 1.29 is 17.9 Å². The Bertz CT molecular complexity index is 672. The third-order valence-corrected chi connectivity index (χ3v) is 3.85. The second-order valence-corrected chi connectivity index (χ2v) is 5.60. The predicted molar refractivity (Wildman–Crippen MR) is 72.1 cm³/mol. The van der Waals surface area contributed by atoms with E-state index in [9.17, 15) is 13.2 Å². The molecule has 20 heavy (non-hydrogen) atoms.